The predicted molar refractivity (Wildman–Crippen MR) is 65.7 cm³/mol. The molecule has 104 valence electrons. The van der Waals surface area contributed by atoms with Gasteiger partial charge in [0.2, 0.25) is 5.91 Å². The number of hydrogen-bond donors (Lipinski definition) is 4. The lowest BCUT2D eigenvalue weighted by Crippen LogP contribution is -2.55. The molecule has 2 atom stereocenters. The molecule has 0 bridgehead atoms. The molecule has 0 saturated heterocycles. The highest BCUT2D eigenvalue weighted by molar-refractivity contribution is 5.90. The molecular formula is C11H21N3O4. The van der Waals surface area contributed by atoms with E-state index in [4.69, 9.17) is 10.8 Å². The lowest BCUT2D eigenvalue weighted by Gasteiger charge is -2.24. The molecule has 0 saturated carbocycles. The molecule has 0 aromatic heterocycles. The quantitative estimate of drug-likeness (QED) is 0.532. The van der Waals surface area contributed by atoms with Crippen LogP contribution in [0.3, 0.4) is 0 Å². The van der Waals surface area contributed by atoms with Crippen molar-refractivity contribution in [3.05, 3.63) is 0 Å². The number of rotatable bonds is 6. The summed E-state index contributed by atoms with van der Waals surface area (Å²) < 4.78 is 0. The zero-order valence-corrected chi connectivity index (χ0v) is 11.1. The van der Waals surface area contributed by atoms with Gasteiger partial charge in [-0.05, 0) is 11.8 Å². The van der Waals surface area contributed by atoms with E-state index < -0.39 is 30.0 Å². The van der Waals surface area contributed by atoms with Gasteiger partial charge >= 0.3 is 12.0 Å². The van der Waals surface area contributed by atoms with Gasteiger partial charge in [0.15, 0.2) is 0 Å². The Morgan fingerprint density at radius 1 is 0.944 bits per heavy atom. The van der Waals surface area contributed by atoms with Gasteiger partial charge in [0.25, 0.3) is 0 Å². The first-order chi connectivity index (χ1) is 8.16. The standard InChI is InChI=1S/C11H21N3O4/c1-5(2)7(14-11(12)18)9(15)13-8(6(3)4)10(16)17/h5-8H,1-4H3,(H,13,15)(H,16,17)(H3,12,14,18)/t7?,8-/m0/s1. The minimum atomic E-state index is -1.11. The van der Waals surface area contributed by atoms with Gasteiger partial charge in [0.05, 0.1) is 0 Å². The van der Waals surface area contributed by atoms with E-state index in [1.54, 1.807) is 27.7 Å². The van der Waals surface area contributed by atoms with Crippen LogP contribution < -0.4 is 16.4 Å². The summed E-state index contributed by atoms with van der Waals surface area (Å²) in [7, 11) is 0. The lowest BCUT2D eigenvalue weighted by atomic mass is 10.0. The Morgan fingerprint density at radius 3 is 1.67 bits per heavy atom. The Kier molecular flexibility index (Phi) is 6.15. The van der Waals surface area contributed by atoms with Gasteiger partial charge in [-0.15, -0.1) is 0 Å². The highest BCUT2D eigenvalue weighted by Crippen LogP contribution is 2.06. The van der Waals surface area contributed by atoms with Crippen LogP contribution in [0.1, 0.15) is 27.7 Å². The minimum Gasteiger partial charge on any atom is -0.480 e. The van der Waals surface area contributed by atoms with Crippen LogP contribution in [-0.4, -0.2) is 35.1 Å². The third kappa shape index (κ3) is 5.03. The number of nitrogens with two attached hydrogens (primary N) is 1. The minimum absolute atomic E-state index is 0.195. The van der Waals surface area contributed by atoms with Gasteiger partial charge in [-0.25, -0.2) is 9.59 Å². The molecule has 0 aromatic carbocycles. The summed E-state index contributed by atoms with van der Waals surface area (Å²) in [5.41, 5.74) is 4.97. The molecule has 7 nitrogen and oxygen atoms in total. The van der Waals surface area contributed by atoms with Crippen molar-refractivity contribution < 1.29 is 19.5 Å². The third-order valence-corrected chi connectivity index (χ3v) is 2.48. The topological polar surface area (TPSA) is 122 Å². The van der Waals surface area contributed by atoms with Gasteiger partial charge in [-0.1, -0.05) is 27.7 Å². The first kappa shape index (κ1) is 16.2. The molecule has 0 aliphatic rings. The molecule has 1 unspecified atom stereocenters. The molecule has 0 fully saturated rings. The van der Waals surface area contributed by atoms with Crippen LogP contribution in [0.4, 0.5) is 4.79 Å². The van der Waals surface area contributed by atoms with Crippen molar-refractivity contribution in [2.24, 2.45) is 17.6 Å². The Hall–Kier alpha value is -1.79. The lowest BCUT2D eigenvalue weighted by molar-refractivity contribution is -0.143. The number of amides is 3. The highest BCUT2D eigenvalue weighted by Gasteiger charge is 2.29. The second-order valence-electron chi connectivity index (χ2n) is 4.80. The Labute approximate surface area is 106 Å². The van der Waals surface area contributed by atoms with Gasteiger partial charge < -0.3 is 21.5 Å². The van der Waals surface area contributed by atoms with Crippen LogP contribution in [0, 0.1) is 11.8 Å². The molecule has 0 aliphatic heterocycles. The number of nitrogens with one attached hydrogen (secondary N) is 2. The van der Waals surface area contributed by atoms with Crippen molar-refractivity contribution in [1.82, 2.24) is 10.6 Å². The van der Waals surface area contributed by atoms with Crippen LogP contribution in [-0.2, 0) is 9.59 Å². The number of carbonyl (C=O) groups is 3. The molecule has 0 rings (SSSR count). The zero-order valence-electron chi connectivity index (χ0n) is 11.1. The van der Waals surface area contributed by atoms with Gasteiger partial charge in [-0.2, -0.15) is 0 Å². The number of carbonyl (C=O) groups excluding carboxylic acids is 2. The number of carboxylic acid groups (broad SMARTS) is 1. The van der Waals surface area contributed by atoms with Crippen molar-refractivity contribution in [3.63, 3.8) is 0 Å². The average Bonchev–Trinajstić information content (AvgIpc) is 2.20. The van der Waals surface area contributed by atoms with E-state index in [9.17, 15) is 14.4 Å². The van der Waals surface area contributed by atoms with Crippen LogP contribution in [0.5, 0.6) is 0 Å². The molecule has 5 N–H and O–H groups in total. The van der Waals surface area contributed by atoms with E-state index in [-0.39, 0.29) is 11.8 Å². The summed E-state index contributed by atoms with van der Waals surface area (Å²) >= 11 is 0. The van der Waals surface area contributed by atoms with E-state index in [1.165, 1.54) is 0 Å². The van der Waals surface area contributed by atoms with E-state index in [2.05, 4.69) is 10.6 Å². The molecule has 18 heavy (non-hydrogen) atoms. The zero-order chi connectivity index (χ0) is 14.5. The third-order valence-electron chi connectivity index (χ3n) is 2.48. The maximum absolute atomic E-state index is 11.9. The fraction of sp³-hybridized carbons (Fsp3) is 0.727. The second-order valence-corrected chi connectivity index (χ2v) is 4.80. The van der Waals surface area contributed by atoms with E-state index >= 15 is 0 Å². The number of hydrogen-bond acceptors (Lipinski definition) is 3. The number of primary amides is 1. The first-order valence-corrected chi connectivity index (χ1v) is 5.76. The molecule has 0 heterocycles. The summed E-state index contributed by atoms with van der Waals surface area (Å²) in [4.78, 5) is 33.6. The summed E-state index contributed by atoms with van der Waals surface area (Å²) in [5, 5.41) is 13.7. The summed E-state index contributed by atoms with van der Waals surface area (Å²) in [6.45, 7) is 6.83. The van der Waals surface area contributed by atoms with Crippen LogP contribution in [0.2, 0.25) is 0 Å². The summed E-state index contributed by atoms with van der Waals surface area (Å²) in [5.74, 6) is -2.11. The van der Waals surface area contributed by atoms with Crippen LogP contribution in [0.25, 0.3) is 0 Å². The van der Waals surface area contributed by atoms with E-state index in [1.807, 2.05) is 0 Å². The smallest absolute Gasteiger partial charge is 0.326 e. The summed E-state index contributed by atoms with van der Waals surface area (Å²) in [6.07, 6.45) is 0. The molecule has 3 amide bonds. The molecule has 0 aliphatic carbocycles. The molecule has 0 radical (unpaired) electrons. The average molecular weight is 259 g/mol. The van der Waals surface area contributed by atoms with Gasteiger partial charge in [0.1, 0.15) is 12.1 Å². The molecule has 0 aromatic rings. The monoisotopic (exact) mass is 259 g/mol. The van der Waals surface area contributed by atoms with Crippen LogP contribution >= 0.6 is 0 Å². The molecule has 7 heteroatoms. The van der Waals surface area contributed by atoms with Crippen molar-refractivity contribution in [2.75, 3.05) is 0 Å². The summed E-state index contributed by atoms with van der Waals surface area (Å²) in [6, 6.07) is -2.66. The fourth-order valence-electron chi connectivity index (χ4n) is 1.44. The predicted octanol–water partition coefficient (Wildman–Crippen LogP) is -0.0953. The molecule has 0 spiro atoms. The Balaban J connectivity index is 4.77. The Bertz CT molecular complexity index is 328. The number of urea groups is 1. The Morgan fingerprint density at radius 2 is 1.39 bits per heavy atom. The largest absolute Gasteiger partial charge is 0.480 e. The van der Waals surface area contributed by atoms with Crippen molar-refractivity contribution in [1.29, 1.82) is 0 Å². The van der Waals surface area contributed by atoms with Crippen molar-refractivity contribution in [3.8, 4) is 0 Å². The number of carboxylic acids is 1. The highest BCUT2D eigenvalue weighted by atomic mass is 16.4. The maximum atomic E-state index is 11.9. The van der Waals surface area contributed by atoms with Crippen molar-refractivity contribution in [2.45, 2.75) is 39.8 Å². The maximum Gasteiger partial charge on any atom is 0.326 e. The fourth-order valence-corrected chi connectivity index (χ4v) is 1.44. The van der Waals surface area contributed by atoms with E-state index in [0.717, 1.165) is 0 Å². The van der Waals surface area contributed by atoms with Gasteiger partial charge in [-0.3, -0.25) is 4.79 Å². The normalized spacial score (nSPS) is 14.1. The van der Waals surface area contributed by atoms with Crippen molar-refractivity contribution >= 4 is 17.9 Å². The first-order valence-electron chi connectivity index (χ1n) is 5.76. The van der Waals surface area contributed by atoms with E-state index in [0.29, 0.717) is 0 Å². The van der Waals surface area contributed by atoms with Gasteiger partial charge in [0, 0.05) is 0 Å². The second kappa shape index (κ2) is 6.83. The molecular weight excluding hydrogens is 238 g/mol. The SMILES string of the molecule is CC(C)C(NC(N)=O)C(=O)N[C@H](C(=O)O)C(C)C. The van der Waals surface area contributed by atoms with Crippen LogP contribution in [0.15, 0.2) is 0 Å². The number of aliphatic carboxylic acids is 1.